The van der Waals surface area contributed by atoms with Crippen molar-refractivity contribution in [2.24, 2.45) is 0 Å². The van der Waals surface area contributed by atoms with Crippen LogP contribution < -0.4 is 14.8 Å². The molecule has 2 aromatic carbocycles. The predicted octanol–water partition coefficient (Wildman–Crippen LogP) is 3.82. The molecule has 0 aliphatic carbocycles. The molecule has 2 rings (SSSR count). The number of ether oxygens (including phenoxy) is 2. The number of halogens is 2. The van der Waals surface area contributed by atoms with E-state index in [1.165, 1.54) is 24.3 Å². The van der Waals surface area contributed by atoms with Gasteiger partial charge in [-0.3, -0.25) is 9.59 Å². The molecule has 7 heteroatoms. The van der Waals surface area contributed by atoms with Crippen LogP contribution in [0.4, 0.5) is 10.1 Å². The molecule has 0 atom stereocenters. The molecule has 0 bridgehead atoms. The lowest BCUT2D eigenvalue weighted by atomic mass is 10.2. The van der Waals surface area contributed by atoms with Gasteiger partial charge in [0.15, 0.2) is 18.1 Å². The summed E-state index contributed by atoms with van der Waals surface area (Å²) in [5, 5.41) is 2.42. The maximum absolute atomic E-state index is 13.5. The Labute approximate surface area is 146 Å². The standard InChI is InChI=1S/C17H15BrFNO4/c1-2-23-15-8-11(9-21)7-12(18)17(15)24-10-16(22)20-14-6-4-3-5-13(14)19/h3-9H,2,10H2,1H3,(H,20,22). The average molecular weight is 396 g/mol. The summed E-state index contributed by atoms with van der Waals surface area (Å²) in [6, 6.07) is 8.92. The van der Waals surface area contributed by atoms with Crippen LogP contribution in [0.15, 0.2) is 40.9 Å². The average Bonchev–Trinajstić information content (AvgIpc) is 2.56. The summed E-state index contributed by atoms with van der Waals surface area (Å²) in [5.41, 5.74) is 0.486. The number of carbonyl (C=O) groups is 2. The van der Waals surface area contributed by atoms with Crippen LogP contribution in [0.2, 0.25) is 0 Å². The van der Waals surface area contributed by atoms with Crippen LogP contribution >= 0.6 is 15.9 Å². The molecule has 0 radical (unpaired) electrons. The SMILES string of the molecule is CCOc1cc(C=O)cc(Br)c1OCC(=O)Nc1ccccc1F. The number of carbonyl (C=O) groups excluding carboxylic acids is 2. The molecule has 24 heavy (non-hydrogen) atoms. The zero-order valence-corrected chi connectivity index (χ0v) is 14.4. The van der Waals surface area contributed by atoms with Crippen molar-refractivity contribution >= 4 is 33.8 Å². The second kappa shape index (κ2) is 8.44. The molecule has 1 N–H and O–H groups in total. The number of hydrogen-bond donors (Lipinski definition) is 1. The number of anilines is 1. The Bertz CT molecular complexity index is 751. The summed E-state index contributed by atoms with van der Waals surface area (Å²) >= 11 is 3.28. The van der Waals surface area contributed by atoms with Gasteiger partial charge in [0.25, 0.3) is 5.91 Å². The topological polar surface area (TPSA) is 64.6 Å². The van der Waals surface area contributed by atoms with Gasteiger partial charge in [0.05, 0.1) is 16.8 Å². The molecule has 5 nitrogen and oxygen atoms in total. The molecule has 1 amide bonds. The van der Waals surface area contributed by atoms with Crippen LogP contribution in [0.3, 0.4) is 0 Å². The first-order chi connectivity index (χ1) is 11.5. The van der Waals surface area contributed by atoms with Gasteiger partial charge in [-0.1, -0.05) is 12.1 Å². The van der Waals surface area contributed by atoms with Crippen LogP contribution in [0.5, 0.6) is 11.5 Å². The lowest BCUT2D eigenvalue weighted by molar-refractivity contribution is -0.118. The quantitative estimate of drug-likeness (QED) is 0.723. The molecule has 0 aliphatic heterocycles. The first kappa shape index (κ1) is 17.9. The fourth-order valence-corrected chi connectivity index (χ4v) is 2.52. The molecular weight excluding hydrogens is 381 g/mol. The number of para-hydroxylation sites is 1. The summed E-state index contributed by atoms with van der Waals surface area (Å²) in [7, 11) is 0. The smallest absolute Gasteiger partial charge is 0.262 e. The minimum atomic E-state index is -0.530. The number of nitrogens with one attached hydrogen (secondary N) is 1. The minimum Gasteiger partial charge on any atom is -0.490 e. The Hall–Kier alpha value is -2.41. The third kappa shape index (κ3) is 4.55. The largest absolute Gasteiger partial charge is 0.490 e. The highest BCUT2D eigenvalue weighted by molar-refractivity contribution is 9.10. The van der Waals surface area contributed by atoms with Crippen molar-refractivity contribution in [1.82, 2.24) is 0 Å². The molecular formula is C17H15BrFNO4. The summed E-state index contributed by atoms with van der Waals surface area (Å²) in [6.07, 6.45) is 0.682. The molecule has 0 aliphatic rings. The minimum absolute atomic E-state index is 0.0755. The summed E-state index contributed by atoms with van der Waals surface area (Å²) < 4.78 is 24.9. The predicted molar refractivity (Wildman–Crippen MR) is 91.2 cm³/mol. The van der Waals surface area contributed by atoms with E-state index in [2.05, 4.69) is 21.2 Å². The monoisotopic (exact) mass is 395 g/mol. The van der Waals surface area contributed by atoms with E-state index in [1.54, 1.807) is 19.1 Å². The van der Waals surface area contributed by atoms with Crippen molar-refractivity contribution in [3.8, 4) is 11.5 Å². The Kier molecular flexibility index (Phi) is 6.31. The Morgan fingerprint density at radius 2 is 2.04 bits per heavy atom. The van der Waals surface area contributed by atoms with E-state index in [1.807, 2.05) is 0 Å². The van der Waals surface area contributed by atoms with Crippen molar-refractivity contribution in [2.75, 3.05) is 18.5 Å². The zero-order valence-electron chi connectivity index (χ0n) is 12.8. The molecule has 2 aromatic rings. The molecule has 0 aromatic heterocycles. The molecule has 0 heterocycles. The third-order valence-corrected chi connectivity index (χ3v) is 3.55. The van der Waals surface area contributed by atoms with Crippen molar-refractivity contribution in [1.29, 1.82) is 0 Å². The van der Waals surface area contributed by atoms with Crippen molar-refractivity contribution in [3.05, 3.63) is 52.3 Å². The Morgan fingerprint density at radius 3 is 2.71 bits per heavy atom. The molecule has 126 valence electrons. The van der Waals surface area contributed by atoms with Gasteiger partial charge in [0.1, 0.15) is 12.1 Å². The van der Waals surface area contributed by atoms with Crippen LogP contribution in [0.25, 0.3) is 0 Å². The van der Waals surface area contributed by atoms with Gasteiger partial charge >= 0.3 is 0 Å². The van der Waals surface area contributed by atoms with E-state index < -0.39 is 11.7 Å². The second-order valence-electron chi connectivity index (χ2n) is 4.70. The normalized spacial score (nSPS) is 10.1. The van der Waals surface area contributed by atoms with E-state index >= 15 is 0 Å². The van der Waals surface area contributed by atoms with Gasteiger partial charge in [0.2, 0.25) is 0 Å². The van der Waals surface area contributed by atoms with E-state index in [-0.39, 0.29) is 12.3 Å². The van der Waals surface area contributed by atoms with E-state index in [0.29, 0.717) is 34.4 Å². The van der Waals surface area contributed by atoms with Crippen molar-refractivity contribution in [3.63, 3.8) is 0 Å². The van der Waals surface area contributed by atoms with Gasteiger partial charge in [-0.2, -0.15) is 0 Å². The van der Waals surface area contributed by atoms with E-state index in [4.69, 9.17) is 9.47 Å². The fourth-order valence-electron chi connectivity index (χ4n) is 1.95. The maximum atomic E-state index is 13.5. The van der Waals surface area contributed by atoms with E-state index in [9.17, 15) is 14.0 Å². The highest BCUT2D eigenvalue weighted by Crippen LogP contribution is 2.36. The summed E-state index contributed by atoms with van der Waals surface area (Å²) in [5.74, 6) is -0.412. The third-order valence-electron chi connectivity index (χ3n) is 2.96. The molecule has 0 fully saturated rings. The molecule has 0 spiro atoms. The highest BCUT2D eigenvalue weighted by atomic mass is 79.9. The van der Waals surface area contributed by atoms with Crippen LogP contribution in [-0.2, 0) is 4.79 Å². The second-order valence-corrected chi connectivity index (χ2v) is 5.55. The summed E-state index contributed by atoms with van der Waals surface area (Å²) in [6.45, 7) is 1.82. The van der Waals surface area contributed by atoms with Crippen LogP contribution in [-0.4, -0.2) is 25.4 Å². The number of hydrogen-bond acceptors (Lipinski definition) is 4. The molecule has 0 saturated heterocycles. The van der Waals surface area contributed by atoms with Crippen LogP contribution in [0, 0.1) is 5.82 Å². The van der Waals surface area contributed by atoms with Gasteiger partial charge < -0.3 is 14.8 Å². The maximum Gasteiger partial charge on any atom is 0.262 e. The van der Waals surface area contributed by atoms with Gasteiger partial charge in [-0.25, -0.2) is 4.39 Å². The Morgan fingerprint density at radius 1 is 1.29 bits per heavy atom. The highest BCUT2D eigenvalue weighted by Gasteiger charge is 2.14. The lowest BCUT2D eigenvalue weighted by Gasteiger charge is -2.14. The number of benzene rings is 2. The lowest BCUT2D eigenvalue weighted by Crippen LogP contribution is -2.21. The fraction of sp³-hybridized carbons (Fsp3) is 0.176. The zero-order chi connectivity index (χ0) is 17.5. The molecule has 0 saturated carbocycles. The van der Waals surface area contributed by atoms with Crippen LogP contribution in [0.1, 0.15) is 17.3 Å². The van der Waals surface area contributed by atoms with Crippen molar-refractivity contribution in [2.45, 2.75) is 6.92 Å². The van der Waals surface area contributed by atoms with Gasteiger partial charge in [-0.05, 0) is 47.1 Å². The first-order valence-corrected chi connectivity index (χ1v) is 7.93. The number of aldehydes is 1. The number of amides is 1. The Balaban J connectivity index is 2.09. The van der Waals surface area contributed by atoms with Crippen molar-refractivity contribution < 1.29 is 23.5 Å². The van der Waals surface area contributed by atoms with Gasteiger partial charge in [0, 0.05) is 5.56 Å². The number of rotatable bonds is 7. The first-order valence-electron chi connectivity index (χ1n) is 7.13. The molecule has 0 unspecified atom stereocenters. The summed E-state index contributed by atoms with van der Waals surface area (Å²) in [4.78, 5) is 22.8. The van der Waals surface area contributed by atoms with Gasteiger partial charge in [-0.15, -0.1) is 0 Å². The van der Waals surface area contributed by atoms with E-state index in [0.717, 1.165) is 0 Å².